The van der Waals surface area contributed by atoms with E-state index in [0.29, 0.717) is 40.6 Å². The number of fused-ring (bicyclic) bond motifs is 2. The first-order valence-electron chi connectivity index (χ1n) is 10.5. The van der Waals surface area contributed by atoms with Gasteiger partial charge in [-0.1, -0.05) is 35.9 Å². The van der Waals surface area contributed by atoms with Crippen molar-refractivity contribution in [2.75, 3.05) is 5.32 Å². The summed E-state index contributed by atoms with van der Waals surface area (Å²) in [6.07, 6.45) is 2.52. The van der Waals surface area contributed by atoms with Gasteiger partial charge in [-0.15, -0.1) is 0 Å². The molecule has 0 bridgehead atoms. The zero-order chi connectivity index (χ0) is 23.8. The minimum atomic E-state index is -0.528. The van der Waals surface area contributed by atoms with E-state index >= 15 is 0 Å². The third kappa shape index (κ3) is 3.95. The van der Waals surface area contributed by atoms with Crippen LogP contribution in [-0.2, 0) is 6.54 Å². The fourth-order valence-corrected chi connectivity index (χ4v) is 4.23. The lowest BCUT2D eigenvalue weighted by atomic mass is 10.1. The maximum atomic E-state index is 12.9. The molecular formula is C25H17ClN4O4. The van der Waals surface area contributed by atoms with Gasteiger partial charge in [0.25, 0.3) is 17.2 Å². The quantitative estimate of drug-likeness (QED) is 0.326. The number of hydrogen-bond acceptors (Lipinski definition) is 5. The predicted octanol–water partition coefficient (Wildman–Crippen LogP) is 5.15. The molecule has 168 valence electrons. The lowest BCUT2D eigenvalue weighted by Crippen LogP contribution is -2.20. The lowest BCUT2D eigenvalue weighted by molar-refractivity contribution is -0.384. The molecule has 3 aromatic carbocycles. The van der Waals surface area contributed by atoms with Crippen molar-refractivity contribution in [2.45, 2.75) is 13.0 Å². The molecule has 34 heavy (non-hydrogen) atoms. The van der Waals surface area contributed by atoms with Gasteiger partial charge in [-0.25, -0.2) is 4.98 Å². The molecule has 0 atom stereocenters. The van der Waals surface area contributed by atoms with Crippen LogP contribution < -0.4 is 10.9 Å². The third-order valence-electron chi connectivity index (χ3n) is 5.64. The van der Waals surface area contributed by atoms with Crippen molar-refractivity contribution in [3.8, 4) is 0 Å². The average Bonchev–Trinajstić information content (AvgIpc) is 3.22. The van der Waals surface area contributed by atoms with E-state index in [2.05, 4.69) is 10.3 Å². The highest BCUT2D eigenvalue weighted by molar-refractivity contribution is 6.34. The summed E-state index contributed by atoms with van der Waals surface area (Å²) < 4.78 is 1.54. The van der Waals surface area contributed by atoms with Crippen molar-refractivity contribution in [3.05, 3.63) is 109 Å². The van der Waals surface area contributed by atoms with Crippen LogP contribution in [0.4, 0.5) is 11.4 Å². The van der Waals surface area contributed by atoms with Crippen LogP contribution in [0.3, 0.4) is 0 Å². The van der Waals surface area contributed by atoms with E-state index in [1.165, 1.54) is 18.2 Å². The molecule has 1 N–H and O–H groups in total. The number of carbonyl (C=O) groups excluding carboxylic acids is 1. The Morgan fingerprint density at radius 2 is 1.94 bits per heavy atom. The number of nitro benzene ring substituents is 1. The minimum absolute atomic E-state index is 0.142. The number of nitro groups is 1. The van der Waals surface area contributed by atoms with Gasteiger partial charge in [-0.2, -0.15) is 0 Å². The van der Waals surface area contributed by atoms with Crippen molar-refractivity contribution in [1.82, 2.24) is 9.55 Å². The highest BCUT2D eigenvalue weighted by Crippen LogP contribution is 2.29. The monoisotopic (exact) mass is 472 g/mol. The van der Waals surface area contributed by atoms with Crippen LogP contribution in [0.15, 0.2) is 71.5 Å². The molecule has 0 unspecified atom stereocenters. The van der Waals surface area contributed by atoms with E-state index in [4.69, 9.17) is 11.6 Å². The standard InChI is InChI=1S/C25H17ClN4O4/c26-21-7-2-1-6-19(21)24(31)27-17-5-3-4-15(13-17)12-16-10-11-29-23(16)28-22-9-8-18(30(33)34)14-20(22)25(29)32/h1-9,12-14H,10-11H2,(H,27,31). The van der Waals surface area contributed by atoms with Gasteiger partial charge in [0.1, 0.15) is 5.82 Å². The van der Waals surface area contributed by atoms with Gasteiger partial charge in [0.15, 0.2) is 0 Å². The highest BCUT2D eigenvalue weighted by atomic mass is 35.5. The molecule has 1 aliphatic heterocycles. The maximum absolute atomic E-state index is 12.9. The first kappa shape index (κ1) is 21.5. The Balaban J connectivity index is 1.47. The van der Waals surface area contributed by atoms with Gasteiger partial charge in [0.05, 0.1) is 26.4 Å². The molecule has 0 saturated carbocycles. The topological polar surface area (TPSA) is 107 Å². The second-order valence-electron chi connectivity index (χ2n) is 7.83. The second-order valence-corrected chi connectivity index (χ2v) is 8.24. The maximum Gasteiger partial charge on any atom is 0.270 e. The Bertz CT molecular complexity index is 1580. The average molecular weight is 473 g/mol. The molecule has 1 aliphatic rings. The first-order valence-corrected chi connectivity index (χ1v) is 10.8. The normalized spacial score (nSPS) is 13.7. The van der Waals surface area contributed by atoms with Gasteiger partial charge in [-0.05, 0) is 54.0 Å². The summed E-state index contributed by atoms with van der Waals surface area (Å²) in [5, 5.41) is 14.5. The molecule has 5 rings (SSSR count). The summed E-state index contributed by atoms with van der Waals surface area (Å²) in [6, 6.07) is 18.2. The molecule has 4 aromatic rings. The number of anilines is 1. The van der Waals surface area contributed by atoms with E-state index in [-0.39, 0.29) is 22.5 Å². The van der Waals surface area contributed by atoms with Crippen molar-refractivity contribution in [3.63, 3.8) is 0 Å². The molecule has 0 aliphatic carbocycles. The zero-order valence-electron chi connectivity index (χ0n) is 17.7. The third-order valence-corrected chi connectivity index (χ3v) is 5.97. The number of halogens is 1. The van der Waals surface area contributed by atoms with Crippen molar-refractivity contribution >= 4 is 51.4 Å². The second kappa shape index (κ2) is 8.57. The number of non-ortho nitro benzene ring substituents is 1. The van der Waals surface area contributed by atoms with E-state index in [9.17, 15) is 19.7 Å². The molecule has 0 saturated heterocycles. The minimum Gasteiger partial charge on any atom is -0.322 e. The van der Waals surface area contributed by atoms with Crippen LogP contribution >= 0.6 is 11.6 Å². The number of rotatable bonds is 4. The molecule has 9 heteroatoms. The number of amides is 1. The molecule has 0 fully saturated rings. The van der Waals surface area contributed by atoms with Gasteiger partial charge in [-0.3, -0.25) is 24.3 Å². The number of nitrogens with one attached hydrogen (secondary N) is 1. The molecule has 1 aromatic heterocycles. The molecule has 2 heterocycles. The van der Waals surface area contributed by atoms with Crippen molar-refractivity contribution < 1.29 is 9.72 Å². The van der Waals surface area contributed by atoms with E-state index in [1.54, 1.807) is 34.9 Å². The Hall–Kier alpha value is -4.30. The zero-order valence-corrected chi connectivity index (χ0v) is 18.5. The van der Waals surface area contributed by atoms with Crippen LogP contribution in [0.1, 0.15) is 28.2 Å². The van der Waals surface area contributed by atoms with E-state index in [0.717, 1.165) is 11.1 Å². The summed E-state index contributed by atoms with van der Waals surface area (Å²) in [6.45, 7) is 0.439. The SMILES string of the molecule is O=C(Nc1cccc(C=C2CCn3c2nc2ccc([N+](=O)[O-])cc2c3=O)c1)c1ccccc1Cl. The van der Waals surface area contributed by atoms with Crippen LogP contribution in [0.25, 0.3) is 22.6 Å². The van der Waals surface area contributed by atoms with Crippen LogP contribution in [-0.4, -0.2) is 20.4 Å². The fraction of sp³-hybridized carbons (Fsp3) is 0.0800. The number of nitrogens with zero attached hydrogens (tertiary/aromatic N) is 3. The smallest absolute Gasteiger partial charge is 0.270 e. The summed E-state index contributed by atoms with van der Waals surface area (Å²) in [4.78, 5) is 40.7. The summed E-state index contributed by atoms with van der Waals surface area (Å²) in [7, 11) is 0. The van der Waals surface area contributed by atoms with Gasteiger partial charge in [0, 0.05) is 24.4 Å². The lowest BCUT2D eigenvalue weighted by Gasteiger charge is -2.08. The molecule has 1 amide bonds. The highest BCUT2D eigenvalue weighted by Gasteiger charge is 2.22. The van der Waals surface area contributed by atoms with Gasteiger partial charge >= 0.3 is 0 Å². The van der Waals surface area contributed by atoms with Crippen molar-refractivity contribution in [2.24, 2.45) is 0 Å². The Morgan fingerprint density at radius 3 is 2.74 bits per heavy atom. The predicted molar refractivity (Wildman–Crippen MR) is 131 cm³/mol. The van der Waals surface area contributed by atoms with Crippen LogP contribution in [0.2, 0.25) is 5.02 Å². The Kier molecular flexibility index (Phi) is 5.43. The summed E-state index contributed by atoms with van der Waals surface area (Å²) in [5.74, 6) is 0.229. The van der Waals surface area contributed by atoms with Crippen molar-refractivity contribution in [1.29, 1.82) is 0 Å². The largest absolute Gasteiger partial charge is 0.322 e. The number of hydrogen-bond donors (Lipinski definition) is 1. The molecule has 0 radical (unpaired) electrons. The van der Waals surface area contributed by atoms with Crippen LogP contribution in [0.5, 0.6) is 0 Å². The molecule has 8 nitrogen and oxygen atoms in total. The summed E-state index contributed by atoms with van der Waals surface area (Å²) in [5.41, 5.74) is 2.66. The molecular weight excluding hydrogens is 456 g/mol. The van der Waals surface area contributed by atoms with Gasteiger partial charge in [0.2, 0.25) is 0 Å². The summed E-state index contributed by atoms with van der Waals surface area (Å²) >= 11 is 6.12. The molecule has 0 spiro atoms. The number of aromatic nitrogens is 2. The number of carbonyl (C=O) groups is 1. The number of allylic oxidation sites excluding steroid dienone is 1. The van der Waals surface area contributed by atoms with E-state index < -0.39 is 4.92 Å². The van der Waals surface area contributed by atoms with Crippen LogP contribution in [0, 0.1) is 10.1 Å². The first-order chi connectivity index (χ1) is 16.4. The van der Waals surface area contributed by atoms with Gasteiger partial charge < -0.3 is 5.32 Å². The van der Waals surface area contributed by atoms with E-state index in [1.807, 2.05) is 24.3 Å². The Morgan fingerprint density at radius 1 is 1.12 bits per heavy atom. The Labute approximate surface area is 198 Å². The fourth-order valence-electron chi connectivity index (χ4n) is 4.01. The number of benzene rings is 3.